The minimum Gasteiger partial charge on any atom is -0.497 e. The normalized spacial score (nSPS) is 19.3. The molecule has 0 fully saturated rings. The summed E-state index contributed by atoms with van der Waals surface area (Å²) in [6.45, 7) is 2.05. The third kappa shape index (κ3) is 3.56. The first kappa shape index (κ1) is 16.1. The molecule has 0 spiro atoms. The molecular formula is C19H19NO4. The van der Waals surface area contributed by atoms with E-state index in [0.717, 1.165) is 16.9 Å². The number of rotatable bonds is 5. The Kier molecular flexibility index (Phi) is 4.79. The fourth-order valence-corrected chi connectivity index (χ4v) is 2.44. The van der Waals surface area contributed by atoms with Crippen molar-refractivity contribution >= 4 is 11.9 Å². The van der Waals surface area contributed by atoms with Crippen LogP contribution in [0.1, 0.15) is 18.1 Å². The molecule has 2 atom stereocenters. The molecular weight excluding hydrogens is 306 g/mol. The predicted octanol–water partition coefficient (Wildman–Crippen LogP) is 2.97. The maximum absolute atomic E-state index is 12.3. The molecule has 0 unspecified atom stereocenters. The zero-order valence-electron chi connectivity index (χ0n) is 13.6. The molecule has 0 saturated heterocycles. The minimum absolute atomic E-state index is 0.232. The van der Waals surface area contributed by atoms with Crippen LogP contribution < -0.4 is 4.74 Å². The molecule has 3 rings (SSSR count). The second-order valence-corrected chi connectivity index (χ2v) is 5.52. The maximum atomic E-state index is 12.3. The number of benzene rings is 2. The van der Waals surface area contributed by atoms with Gasteiger partial charge < -0.3 is 14.2 Å². The van der Waals surface area contributed by atoms with Crippen LogP contribution >= 0.6 is 0 Å². The Labute approximate surface area is 140 Å². The summed E-state index contributed by atoms with van der Waals surface area (Å²) in [5, 5.41) is 0. The van der Waals surface area contributed by atoms with E-state index in [9.17, 15) is 4.79 Å². The first-order valence-electron chi connectivity index (χ1n) is 7.77. The van der Waals surface area contributed by atoms with Crippen molar-refractivity contribution in [2.24, 2.45) is 4.99 Å². The lowest BCUT2D eigenvalue weighted by Crippen LogP contribution is -2.29. The molecule has 0 N–H and O–H groups in total. The number of nitrogens with zero attached hydrogens (tertiary/aromatic N) is 1. The zero-order valence-corrected chi connectivity index (χ0v) is 13.6. The Morgan fingerprint density at radius 2 is 1.83 bits per heavy atom. The Balaban J connectivity index is 1.66. The van der Waals surface area contributed by atoms with Gasteiger partial charge in [0.05, 0.1) is 7.11 Å². The number of carbonyl (C=O) groups excluding carboxylic acids is 1. The van der Waals surface area contributed by atoms with E-state index in [1.807, 2.05) is 61.5 Å². The number of carbonyl (C=O) groups is 1. The van der Waals surface area contributed by atoms with Crippen LogP contribution in [0, 0.1) is 0 Å². The number of methoxy groups -OCH3 is 1. The quantitative estimate of drug-likeness (QED) is 0.793. The summed E-state index contributed by atoms with van der Waals surface area (Å²) in [6.07, 6.45) is -0.356. The molecule has 1 heterocycles. The Morgan fingerprint density at radius 1 is 1.12 bits per heavy atom. The molecule has 0 aliphatic carbocycles. The molecule has 0 saturated carbocycles. The van der Waals surface area contributed by atoms with Crippen LogP contribution in [-0.4, -0.2) is 31.1 Å². The highest BCUT2D eigenvalue weighted by Crippen LogP contribution is 2.21. The topological polar surface area (TPSA) is 57.1 Å². The van der Waals surface area contributed by atoms with Crippen LogP contribution in [0.3, 0.4) is 0 Å². The molecule has 24 heavy (non-hydrogen) atoms. The van der Waals surface area contributed by atoms with Gasteiger partial charge in [-0.1, -0.05) is 30.3 Å². The molecule has 124 valence electrons. The fourth-order valence-electron chi connectivity index (χ4n) is 2.44. The first-order chi connectivity index (χ1) is 11.7. The lowest BCUT2D eigenvalue weighted by Gasteiger charge is -2.12. The van der Waals surface area contributed by atoms with E-state index in [2.05, 4.69) is 4.99 Å². The molecule has 2 aromatic carbocycles. The Bertz CT molecular complexity index is 725. The summed E-state index contributed by atoms with van der Waals surface area (Å²) in [4.78, 5) is 16.7. The summed E-state index contributed by atoms with van der Waals surface area (Å²) in [5.41, 5.74) is 1.75. The van der Waals surface area contributed by atoms with Gasteiger partial charge in [-0.15, -0.1) is 0 Å². The summed E-state index contributed by atoms with van der Waals surface area (Å²) >= 11 is 0. The third-order valence-corrected chi connectivity index (χ3v) is 3.80. The van der Waals surface area contributed by atoms with Crippen LogP contribution in [0.4, 0.5) is 0 Å². The van der Waals surface area contributed by atoms with Crippen LogP contribution in [-0.2, 0) is 20.9 Å². The summed E-state index contributed by atoms with van der Waals surface area (Å²) in [6, 6.07) is 16.3. The molecule has 0 bridgehead atoms. The maximum Gasteiger partial charge on any atom is 0.335 e. The van der Waals surface area contributed by atoms with Crippen molar-refractivity contribution in [1.82, 2.24) is 0 Å². The molecule has 0 aromatic heterocycles. The minimum atomic E-state index is -0.647. The number of esters is 1. The van der Waals surface area contributed by atoms with Gasteiger partial charge in [0.15, 0.2) is 6.04 Å². The third-order valence-electron chi connectivity index (χ3n) is 3.80. The lowest BCUT2D eigenvalue weighted by molar-refractivity contribution is -0.147. The van der Waals surface area contributed by atoms with Crippen LogP contribution in [0.2, 0.25) is 0 Å². The van der Waals surface area contributed by atoms with E-state index in [-0.39, 0.29) is 18.7 Å². The number of aliphatic imine (C=N–C) groups is 1. The van der Waals surface area contributed by atoms with Crippen molar-refractivity contribution in [3.05, 3.63) is 65.7 Å². The second-order valence-electron chi connectivity index (χ2n) is 5.52. The molecule has 1 aliphatic heterocycles. The molecule has 5 nitrogen and oxygen atoms in total. The molecule has 0 radical (unpaired) electrons. The van der Waals surface area contributed by atoms with Gasteiger partial charge in [-0.2, -0.15) is 0 Å². The van der Waals surface area contributed by atoms with Crippen molar-refractivity contribution in [1.29, 1.82) is 0 Å². The van der Waals surface area contributed by atoms with E-state index in [1.54, 1.807) is 7.11 Å². The SMILES string of the molecule is COc1ccc(C2=N[C@H](C(=O)OCc3ccccc3)[C@@H](C)O2)cc1. The Morgan fingerprint density at radius 3 is 2.50 bits per heavy atom. The van der Waals surface area contributed by atoms with Gasteiger partial charge in [-0.05, 0) is 36.8 Å². The molecule has 0 amide bonds. The van der Waals surface area contributed by atoms with Crippen LogP contribution in [0.15, 0.2) is 59.6 Å². The molecule has 2 aromatic rings. The average molecular weight is 325 g/mol. The first-order valence-corrected chi connectivity index (χ1v) is 7.77. The van der Waals surface area contributed by atoms with E-state index >= 15 is 0 Å². The van der Waals surface area contributed by atoms with Gasteiger partial charge in [0.2, 0.25) is 5.90 Å². The largest absolute Gasteiger partial charge is 0.497 e. The van der Waals surface area contributed by atoms with Gasteiger partial charge in [-0.3, -0.25) is 0 Å². The van der Waals surface area contributed by atoms with Crippen LogP contribution in [0.5, 0.6) is 5.75 Å². The highest BCUT2D eigenvalue weighted by atomic mass is 16.5. The summed E-state index contributed by atoms with van der Waals surface area (Å²) in [7, 11) is 1.61. The van der Waals surface area contributed by atoms with E-state index < -0.39 is 6.04 Å². The smallest absolute Gasteiger partial charge is 0.335 e. The highest BCUT2D eigenvalue weighted by molar-refractivity contribution is 5.98. The van der Waals surface area contributed by atoms with Crippen molar-refractivity contribution in [3.63, 3.8) is 0 Å². The van der Waals surface area contributed by atoms with E-state index in [0.29, 0.717) is 5.90 Å². The van der Waals surface area contributed by atoms with Crippen molar-refractivity contribution in [2.75, 3.05) is 7.11 Å². The summed E-state index contributed by atoms with van der Waals surface area (Å²) < 4.78 is 16.2. The average Bonchev–Trinajstić information content (AvgIpc) is 3.02. The standard InChI is InChI=1S/C19H19NO4/c1-13-17(19(21)23-12-14-6-4-3-5-7-14)20-18(24-13)15-8-10-16(22-2)11-9-15/h3-11,13,17H,12H2,1-2H3/t13-,17+/m1/s1. The molecule has 5 heteroatoms. The van der Waals surface area contributed by atoms with Gasteiger partial charge in [0, 0.05) is 5.56 Å². The van der Waals surface area contributed by atoms with E-state index in [4.69, 9.17) is 14.2 Å². The number of ether oxygens (including phenoxy) is 3. The monoisotopic (exact) mass is 325 g/mol. The second kappa shape index (κ2) is 7.17. The van der Waals surface area contributed by atoms with Crippen molar-refractivity contribution in [3.8, 4) is 5.75 Å². The predicted molar refractivity (Wildman–Crippen MR) is 90.1 cm³/mol. The van der Waals surface area contributed by atoms with Crippen molar-refractivity contribution in [2.45, 2.75) is 25.7 Å². The number of hydrogen-bond donors (Lipinski definition) is 0. The van der Waals surface area contributed by atoms with Gasteiger partial charge >= 0.3 is 5.97 Å². The van der Waals surface area contributed by atoms with E-state index in [1.165, 1.54) is 0 Å². The molecule has 1 aliphatic rings. The number of hydrogen-bond acceptors (Lipinski definition) is 5. The van der Waals surface area contributed by atoms with Gasteiger partial charge in [0.1, 0.15) is 18.5 Å². The van der Waals surface area contributed by atoms with Gasteiger partial charge in [0.25, 0.3) is 0 Å². The lowest BCUT2D eigenvalue weighted by atomic mass is 10.2. The zero-order chi connectivity index (χ0) is 16.9. The van der Waals surface area contributed by atoms with Gasteiger partial charge in [-0.25, -0.2) is 9.79 Å². The Hall–Kier alpha value is -2.82. The fraction of sp³-hybridized carbons (Fsp3) is 0.263. The summed E-state index contributed by atoms with van der Waals surface area (Å²) in [5.74, 6) is 0.825. The highest BCUT2D eigenvalue weighted by Gasteiger charge is 2.35. The van der Waals surface area contributed by atoms with Crippen molar-refractivity contribution < 1.29 is 19.0 Å². The van der Waals surface area contributed by atoms with Crippen LogP contribution in [0.25, 0.3) is 0 Å².